The number of hydrogen-bond acceptors (Lipinski definition) is 6. The Balaban J connectivity index is 1.65. The quantitative estimate of drug-likeness (QED) is 0.156. The lowest BCUT2D eigenvalue weighted by Gasteiger charge is -2.11. The van der Waals surface area contributed by atoms with Crippen LogP contribution in [0.4, 0.5) is 14.5 Å². The van der Waals surface area contributed by atoms with Crippen molar-refractivity contribution in [1.29, 1.82) is 0 Å². The highest BCUT2D eigenvalue weighted by atomic mass is 79.9. The molecule has 0 radical (unpaired) electrons. The Bertz CT molecular complexity index is 1570. The number of rotatable bonds is 10. The second-order valence-corrected chi connectivity index (χ2v) is 11.4. The molecule has 4 aromatic rings. The van der Waals surface area contributed by atoms with Gasteiger partial charge >= 0.3 is 5.97 Å². The van der Waals surface area contributed by atoms with E-state index in [9.17, 15) is 13.4 Å². The van der Waals surface area contributed by atoms with Gasteiger partial charge in [-0.15, -0.1) is 11.3 Å². The summed E-state index contributed by atoms with van der Waals surface area (Å²) in [7, 11) is 0. The predicted octanol–water partition coefficient (Wildman–Crippen LogP) is 6.31. The molecule has 0 amide bonds. The maximum absolute atomic E-state index is 15.2. The maximum atomic E-state index is 15.2. The monoisotopic (exact) mass is 636 g/mol. The third-order valence-corrected chi connectivity index (χ3v) is 8.06. The molecule has 1 unspecified atom stereocenters. The van der Waals surface area contributed by atoms with Crippen LogP contribution < -0.4 is 4.72 Å². The number of hydrogen-bond donors (Lipinski definition) is 2. The normalized spacial score (nSPS) is 13.9. The molecule has 1 aliphatic carbocycles. The van der Waals surface area contributed by atoms with E-state index in [2.05, 4.69) is 25.6 Å². The van der Waals surface area contributed by atoms with E-state index in [1.54, 1.807) is 35.2 Å². The molecule has 0 bridgehead atoms. The molecular weight excluding hydrogens is 614 g/mol. The van der Waals surface area contributed by atoms with Gasteiger partial charge in [0.2, 0.25) is 5.13 Å². The second-order valence-electron chi connectivity index (χ2n) is 9.03. The van der Waals surface area contributed by atoms with E-state index in [0.29, 0.717) is 34.3 Å². The maximum Gasteiger partial charge on any atom is 0.357 e. The van der Waals surface area contributed by atoms with Crippen LogP contribution in [0.25, 0.3) is 16.4 Å². The average Bonchev–Trinajstić information content (AvgIpc) is 3.44. The molecule has 2 aromatic heterocycles. The fraction of sp³-hybridized carbons (Fsp3) is 0.269. The van der Waals surface area contributed by atoms with Crippen LogP contribution in [-0.4, -0.2) is 36.1 Å². The zero-order valence-electron chi connectivity index (χ0n) is 20.6. The fourth-order valence-corrected chi connectivity index (χ4v) is 5.68. The SMILES string of the molecule is CCOC(=O)c1csc(-n2nc(CC3CC3)c(Cc3ccc(NS(=O)O)cc3F)c2-c2ccc(F)c(Br)c2)n1. The summed E-state index contributed by atoms with van der Waals surface area (Å²) in [5, 5.41) is 6.90. The van der Waals surface area contributed by atoms with E-state index in [-0.39, 0.29) is 28.9 Å². The van der Waals surface area contributed by atoms with Crippen LogP contribution >= 0.6 is 27.3 Å². The Labute approximate surface area is 238 Å². The number of halogens is 3. The minimum Gasteiger partial charge on any atom is -0.461 e. The van der Waals surface area contributed by atoms with Crippen molar-refractivity contribution >= 4 is 50.2 Å². The first-order valence-corrected chi connectivity index (χ1v) is 14.9. The van der Waals surface area contributed by atoms with Gasteiger partial charge in [-0.05, 0) is 83.9 Å². The van der Waals surface area contributed by atoms with Crippen molar-refractivity contribution in [2.24, 2.45) is 5.92 Å². The molecule has 204 valence electrons. The molecule has 2 N–H and O–H groups in total. The molecule has 2 heterocycles. The lowest BCUT2D eigenvalue weighted by molar-refractivity contribution is 0.0520. The summed E-state index contributed by atoms with van der Waals surface area (Å²) in [5.74, 6) is -1.07. The van der Waals surface area contributed by atoms with Crippen LogP contribution in [0.5, 0.6) is 0 Å². The topological polar surface area (TPSA) is 106 Å². The first kappa shape index (κ1) is 27.6. The smallest absolute Gasteiger partial charge is 0.357 e. The summed E-state index contributed by atoms with van der Waals surface area (Å²) in [4.78, 5) is 16.8. The molecule has 13 heteroatoms. The van der Waals surface area contributed by atoms with Crippen molar-refractivity contribution in [3.8, 4) is 16.4 Å². The van der Waals surface area contributed by atoms with Gasteiger partial charge in [0.05, 0.1) is 28.2 Å². The van der Waals surface area contributed by atoms with Crippen LogP contribution in [0, 0.1) is 17.6 Å². The van der Waals surface area contributed by atoms with Crippen LogP contribution in [0.3, 0.4) is 0 Å². The third-order valence-electron chi connectivity index (χ3n) is 6.22. The zero-order valence-corrected chi connectivity index (χ0v) is 23.8. The highest BCUT2D eigenvalue weighted by Crippen LogP contribution is 2.39. The zero-order chi connectivity index (χ0) is 27.7. The van der Waals surface area contributed by atoms with E-state index < -0.39 is 28.9 Å². The van der Waals surface area contributed by atoms with Gasteiger partial charge in [0, 0.05) is 22.9 Å². The Morgan fingerprint density at radius 1 is 1.26 bits per heavy atom. The van der Waals surface area contributed by atoms with Crippen LogP contribution in [0.1, 0.15) is 47.1 Å². The number of ether oxygens (including phenoxy) is 1. The van der Waals surface area contributed by atoms with Crippen molar-refractivity contribution in [2.75, 3.05) is 11.3 Å². The van der Waals surface area contributed by atoms with Gasteiger partial charge in [-0.2, -0.15) is 5.10 Å². The molecule has 0 spiro atoms. The summed E-state index contributed by atoms with van der Waals surface area (Å²) in [6, 6.07) is 8.83. The molecule has 39 heavy (non-hydrogen) atoms. The van der Waals surface area contributed by atoms with Crippen molar-refractivity contribution in [3.63, 3.8) is 0 Å². The number of carbonyl (C=O) groups is 1. The summed E-state index contributed by atoms with van der Waals surface area (Å²) in [6.07, 6.45) is 2.98. The molecular formula is C26H23BrF2N4O4S2. The number of anilines is 1. The summed E-state index contributed by atoms with van der Waals surface area (Å²) < 4.78 is 58.7. The van der Waals surface area contributed by atoms with E-state index >= 15 is 4.39 Å². The third kappa shape index (κ3) is 6.26. The van der Waals surface area contributed by atoms with Gasteiger partial charge in [-0.1, -0.05) is 6.07 Å². The number of thiazole rings is 1. The summed E-state index contributed by atoms with van der Waals surface area (Å²) in [5.41, 5.74) is 3.43. The molecule has 1 aliphatic rings. The van der Waals surface area contributed by atoms with E-state index in [4.69, 9.17) is 14.4 Å². The van der Waals surface area contributed by atoms with Gasteiger partial charge in [0.15, 0.2) is 5.69 Å². The molecule has 8 nitrogen and oxygen atoms in total. The highest BCUT2D eigenvalue weighted by Gasteiger charge is 2.29. The van der Waals surface area contributed by atoms with Gasteiger partial charge in [0.1, 0.15) is 11.6 Å². The Hall–Kier alpha value is -3.00. The van der Waals surface area contributed by atoms with Crippen LogP contribution in [0.2, 0.25) is 0 Å². The largest absolute Gasteiger partial charge is 0.461 e. The van der Waals surface area contributed by atoms with Crippen molar-refractivity contribution < 1.29 is 27.1 Å². The van der Waals surface area contributed by atoms with Gasteiger partial charge in [-0.3, -0.25) is 9.27 Å². The standard InChI is InChI=1S/C26H23BrF2N4O4S2/c1-2-37-25(34)23-13-38-26(30-23)33-24(16-6-8-20(28)19(27)11-16)18(22(31-33)9-14-3-4-14)10-15-5-7-17(12-21(15)29)32-39(35)36/h5-8,11-14,32H,2-4,9-10H2,1H3,(H,35,36). The first-order valence-electron chi connectivity index (χ1n) is 12.1. The Morgan fingerprint density at radius 3 is 2.72 bits per heavy atom. The van der Waals surface area contributed by atoms with Gasteiger partial charge in [-0.25, -0.2) is 27.5 Å². The molecule has 5 rings (SSSR count). The molecule has 2 aromatic carbocycles. The van der Waals surface area contributed by atoms with E-state index in [1.807, 2.05) is 0 Å². The van der Waals surface area contributed by atoms with Gasteiger partial charge in [0.25, 0.3) is 11.3 Å². The fourth-order valence-electron chi connectivity index (χ4n) is 4.22. The minimum absolute atomic E-state index is 0.152. The molecule has 1 fully saturated rings. The average molecular weight is 638 g/mol. The molecule has 0 saturated heterocycles. The minimum atomic E-state index is -2.33. The lowest BCUT2D eigenvalue weighted by atomic mass is 9.96. The highest BCUT2D eigenvalue weighted by molar-refractivity contribution is 9.10. The number of aromatic nitrogens is 3. The van der Waals surface area contributed by atoms with Crippen LogP contribution in [0.15, 0.2) is 46.3 Å². The number of esters is 1. The predicted molar refractivity (Wildman–Crippen MR) is 148 cm³/mol. The molecule has 1 atom stereocenters. The summed E-state index contributed by atoms with van der Waals surface area (Å²) in [6.45, 7) is 1.93. The Morgan fingerprint density at radius 2 is 2.05 bits per heavy atom. The summed E-state index contributed by atoms with van der Waals surface area (Å²) >= 11 is 2.15. The molecule has 0 aliphatic heterocycles. The number of nitrogens with one attached hydrogen (secondary N) is 1. The number of carbonyl (C=O) groups excluding carboxylic acids is 1. The van der Waals surface area contributed by atoms with E-state index in [0.717, 1.165) is 30.2 Å². The number of nitrogens with zero attached hydrogens (tertiary/aromatic N) is 3. The molecule has 1 saturated carbocycles. The van der Waals surface area contributed by atoms with Crippen molar-refractivity contribution in [2.45, 2.75) is 32.6 Å². The lowest BCUT2D eigenvalue weighted by Crippen LogP contribution is -2.06. The van der Waals surface area contributed by atoms with Gasteiger partial charge < -0.3 is 4.74 Å². The van der Waals surface area contributed by atoms with Crippen molar-refractivity contribution in [1.82, 2.24) is 14.8 Å². The number of benzene rings is 2. The van der Waals surface area contributed by atoms with E-state index in [1.165, 1.54) is 23.5 Å². The van der Waals surface area contributed by atoms with Crippen LogP contribution in [-0.2, 0) is 28.8 Å². The van der Waals surface area contributed by atoms with Crippen molar-refractivity contribution in [3.05, 3.63) is 80.4 Å². The second kappa shape index (κ2) is 11.6. The first-order chi connectivity index (χ1) is 18.7. The Kier molecular flexibility index (Phi) is 8.21.